The maximum Gasteiger partial charge on any atom is 0.306 e. The third-order valence-electron chi connectivity index (χ3n) is 12.5. The highest BCUT2D eigenvalue weighted by molar-refractivity contribution is 5.77. The number of carbonyl (C=O) groups is 2. The highest BCUT2D eigenvalue weighted by Gasteiger charge is 2.24. The van der Waals surface area contributed by atoms with Crippen molar-refractivity contribution in [2.24, 2.45) is 0 Å². The minimum absolute atomic E-state index is 0.0684. The fraction of sp³-hybridized carbons (Fsp3) is 0.793. The number of aliphatic hydroxyl groups excluding tert-OH is 2. The van der Waals surface area contributed by atoms with Gasteiger partial charge in [-0.25, -0.2) is 0 Å². The topological polar surface area (TPSA) is 95.9 Å². The van der Waals surface area contributed by atoms with Gasteiger partial charge in [0.2, 0.25) is 5.91 Å². The predicted octanol–water partition coefficient (Wildman–Crippen LogP) is 16.8. The zero-order valence-corrected chi connectivity index (χ0v) is 42.4. The summed E-state index contributed by atoms with van der Waals surface area (Å²) in [6, 6.07) is -0.706. The number of amides is 1. The summed E-state index contributed by atoms with van der Waals surface area (Å²) < 4.78 is 5.95. The highest BCUT2D eigenvalue weighted by atomic mass is 16.5. The molecule has 3 N–H and O–H groups in total. The number of hydrogen-bond acceptors (Lipinski definition) is 5. The Bertz CT molecular complexity index is 1140. The second-order valence-corrected chi connectivity index (χ2v) is 18.8. The van der Waals surface area contributed by atoms with Crippen LogP contribution in [-0.4, -0.2) is 46.9 Å². The van der Waals surface area contributed by atoms with Crippen molar-refractivity contribution in [1.29, 1.82) is 0 Å². The molecule has 0 aromatic rings. The lowest BCUT2D eigenvalue weighted by Crippen LogP contribution is -2.46. The number of ether oxygens (including phenoxy) is 1. The maximum absolute atomic E-state index is 13.2. The van der Waals surface area contributed by atoms with E-state index in [1.165, 1.54) is 148 Å². The maximum atomic E-state index is 13.2. The number of esters is 1. The van der Waals surface area contributed by atoms with Crippen molar-refractivity contribution >= 4 is 11.9 Å². The zero-order valence-electron chi connectivity index (χ0n) is 42.4. The zero-order chi connectivity index (χ0) is 46.7. The average Bonchev–Trinajstić information content (AvgIpc) is 3.29. The van der Waals surface area contributed by atoms with Crippen LogP contribution in [0, 0.1) is 0 Å². The molecule has 6 nitrogen and oxygen atoms in total. The lowest BCUT2D eigenvalue weighted by Gasteiger charge is -2.24. The summed E-state index contributed by atoms with van der Waals surface area (Å²) in [5, 5.41) is 23.8. The minimum atomic E-state index is -0.792. The summed E-state index contributed by atoms with van der Waals surface area (Å²) in [6.45, 7) is 6.40. The van der Waals surface area contributed by atoms with Crippen molar-refractivity contribution in [3.8, 4) is 0 Å². The number of hydrogen-bond donors (Lipinski definition) is 3. The molecule has 6 heteroatoms. The molecule has 0 spiro atoms. The smallest absolute Gasteiger partial charge is 0.306 e. The van der Waals surface area contributed by atoms with Gasteiger partial charge in [-0.05, 0) is 44.9 Å². The first-order valence-electron chi connectivity index (χ1n) is 27.6. The summed E-state index contributed by atoms with van der Waals surface area (Å²) in [5.74, 6) is -0.493. The van der Waals surface area contributed by atoms with E-state index in [4.69, 9.17) is 4.74 Å². The van der Waals surface area contributed by atoms with E-state index in [2.05, 4.69) is 62.5 Å². The molecule has 1 amide bonds. The van der Waals surface area contributed by atoms with Crippen LogP contribution in [-0.2, 0) is 14.3 Å². The van der Waals surface area contributed by atoms with Crippen LogP contribution in [0.2, 0.25) is 0 Å². The molecule has 0 aliphatic rings. The molecule has 0 radical (unpaired) electrons. The molecule has 0 aromatic heterocycles. The Morgan fingerprint density at radius 1 is 0.453 bits per heavy atom. The molecule has 0 aliphatic heterocycles. The van der Waals surface area contributed by atoms with E-state index in [-0.39, 0.29) is 24.9 Å². The molecule has 0 aliphatic carbocycles. The molecular weight excluding hydrogens is 791 g/mol. The van der Waals surface area contributed by atoms with Crippen molar-refractivity contribution in [3.63, 3.8) is 0 Å². The quantitative estimate of drug-likeness (QED) is 0.0321. The normalized spacial score (nSPS) is 13.6. The van der Waals surface area contributed by atoms with Crippen molar-refractivity contribution < 1.29 is 24.5 Å². The molecule has 0 rings (SSSR count). The fourth-order valence-corrected chi connectivity index (χ4v) is 8.29. The van der Waals surface area contributed by atoms with Gasteiger partial charge >= 0.3 is 5.97 Å². The van der Waals surface area contributed by atoms with Crippen LogP contribution in [0.1, 0.15) is 271 Å². The SMILES string of the molecule is CCC/C=C/C=C/C=C/C=C/C=C/CCCCCCCC(=O)OC(CCCCCCCCCCCCCCCCCC)CC(=O)NC(CO)C(O)CCCCCCCCCCCCC. The van der Waals surface area contributed by atoms with E-state index in [0.29, 0.717) is 19.3 Å². The van der Waals surface area contributed by atoms with E-state index < -0.39 is 18.2 Å². The number of nitrogens with one attached hydrogen (secondary N) is 1. The van der Waals surface area contributed by atoms with Crippen molar-refractivity contribution in [2.45, 2.75) is 289 Å². The number of rotatable bonds is 49. The van der Waals surface area contributed by atoms with Crippen LogP contribution in [0.15, 0.2) is 60.8 Å². The molecular formula is C58H105NO5. The first-order chi connectivity index (χ1) is 31.5. The van der Waals surface area contributed by atoms with Crippen LogP contribution in [0.3, 0.4) is 0 Å². The van der Waals surface area contributed by atoms with Crippen LogP contribution >= 0.6 is 0 Å². The Kier molecular flexibility index (Phi) is 49.6. The molecule has 0 bridgehead atoms. The Hall–Kier alpha value is -2.44. The van der Waals surface area contributed by atoms with Gasteiger partial charge in [-0.15, -0.1) is 0 Å². The lowest BCUT2D eigenvalue weighted by molar-refractivity contribution is -0.151. The Balaban J connectivity index is 4.61. The third kappa shape index (κ3) is 46.1. The Morgan fingerprint density at radius 2 is 0.828 bits per heavy atom. The minimum Gasteiger partial charge on any atom is -0.462 e. The van der Waals surface area contributed by atoms with Crippen molar-refractivity contribution in [3.05, 3.63) is 60.8 Å². The lowest BCUT2D eigenvalue weighted by atomic mass is 10.0. The van der Waals surface area contributed by atoms with Gasteiger partial charge in [-0.3, -0.25) is 9.59 Å². The van der Waals surface area contributed by atoms with E-state index in [0.717, 1.165) is 77.0 Å². The highest BCUT2D eigenvalue weighted by Crippen LogP contribution is 2.18. The number of unbranched alkanes of at least 4 members (excludes halogenated alkanes) is 31. The largest absolute Gasteiger partial charge is 0.462 e. The van der Waals surface area contributed by atoms with Gasteiger partial charge in [0.1, 0.15) is 6.10 Å². The Labute approximate surface area is 397 Å². The Morgan fingerprint density at radius 3 is 1.27 bits per heavy atom. The van der Waals surface area contributed by atoms with E-state index in [9.17, 15) is 19.8 Å². The summed E-state index contributed by atoms with van der Waals surface area (Å²) >= 11 is 0. The van der Waals surface area contributed by atoms with Crippen LogP contribution < -0.4 is 5.32 Å². The van der Waals surface area contributed by atoms with Crippen molar-refractivity contribution in [2.75, 3.05) is 6.61 Å². The molecule has 0 aromatic carbocycles. The van der Waals surface area contributed by atoms with Crippen molar-refractivity contribution in [1.82, 2.24) is 5.32 Å². The van der Waals surface area contributed by atoms with E-state index in [1.807, 2.05) is 24.3 Å². The van der Waals surface area contributed by atoms with Gasteiger partial charge in [0, 0.05) is 6.42 Å². The average molecular weight is 896 g/mol. The van der Waals surface area contributed by atoms with Gasteiger partial charge in [-0.1, -0.05) is 274 Å². The summed E-state index contributed by atoms with van der Waals surface area (Å²) in [6.07, 6.45) is 64.2. The van der Waals surface area contributed by atoms with E-state index >= 15 is 0 Å². The summed E-state index contributed by atoms with van der Waals surface area (Å²) in [5.41, 5.74) is 0. The fourth-order valence-electron chi connectivity index (χ4n) is 8.29. The van der Waals surface area contributed by atoms with Gasteiger partial charge < -0.3 is 20.3 Å². The van der Waals surface area contributed by atoms with Crippen LogP contribution in [0.5, 0.6) is 0 Å². The van der Waals surface area contributed by atoms with Gasteiger partial charge in [0.05, 0.1) is 25.2 Å². The molecule has 0 saturated carbocycles. The van der Waals surface area contributed by atoms with E-state index in [1.54, 1.807) is 0 Å². The first kappa shape index (κ1) is 61.6. The number of carbonyl (C=O) groups excluding carboxylic acids is 2. The molecule has 0 heterocycles. The molecule has 372 valence electrons. The molecule has 3 unspecified atom stereocenters. The first-order valence-corrected chi connectivity index (χ1v) is 27.6. The molecule has 3 atom stereocenters. The molecule has 64 heavy (non-hydrogen) atoms. The van der Waals surface area contributed by atoms with Crippen LogP contribution in [0.25, 0.3) is 0 Å². The van der Waals surface area contributed by atoms with Crippen LogP contribution in [0.4, 0.5) is 0 Å². The monoisotopic (exact) mass is 896 g/mol. The second-order valence-electron chi connectivity index (χ2n) is 18.8. The van der Waals surface area contributed by atoms with Gasteiger partial charge in [0.15, 0.2) is 0 Å². The predicted molar refractivity (Wildman–Crippen MR) is 278 cm³/mol. The number of aliphatic hydroxyl groups is 2. The third-order valence-corrected chi connectivity index (χ3v) is 12.5. The van der Waals surface area contributed by atoms with Gasteiger partial charge in [0.25, 0.3) is 0 Å². The molecule has 0 saturated heterocycles. The molecule has 0 fully saturated rings. The van der Waals surface area contributed by atoms with Gasteiger partial charge in [-0.2, -0.15) is 0 Å². The summed E-state index contributed by atoms with van der Waals surface area (Å²) in [4.78, 5) is 26.2. The summed E-state index contributed by atoms with van der Waals surface area (Å²) in [7, 11) is 0. The number of allylic oxidation sites excluding steroid dienone is 10. The standard InChI is InChI=1S/C58H105NO5/c1-4-7-10-13-16-19-22-24-26-28-29-31-33-36-39-42-45-48-51-58(63)64-54(49-46-43-40-37-35-32-30-27-25-23-20-17-14-11-8-5-2)52-57(62)59-55(53-60)56(61)50-47-44-41-38-34-21-18-15-12-9-6-3/h10,13,16,19,22,24,26,28-29,31,54-56,60-61H,4-9,11-12,14-15,17-18,20-21,23,25,27,30,32-53H2,1-3H3,(H,59,62)/b13-10+,19-16+,24-22+,28-26+,31-29+. The second kappa shape index (κ2) is 51.5.